The maximum absolute atomic E-state index is 11.8. The molecule has 1 amide bonds. The number of esters is 1. The number of carbonyl (C=O) groups excluding carboxylic acids is 2. The first-order chi connectivity index (χ1) is 10.9. The van der Waals surface area contributed by atoms with E-state index in [1.165, 1.54) is 19.2 Å². The Bertz CT molecular complexity index is 817. The van der Waals surface area contributed by atoms with Gasteiger partial charge < -0.3 is 10.1 Å². The molecule has 8 heteroatoms. The number of halogens is 1. The third-order valence-electron chi connectivity index (χ3n) is 2.97. The van der Waals surface area contributed by atoms with Crippen LogP contribution >= 0.6 is 22.6 Å². The van der Waals surface area contributed by atoms with Gasteiger partial charge in [-0.3, -0.25) is 9.59 Å². The smallest absolute Gasteiger partial charge is 0.359 e. The summed E-state index contributed by atoms with van der Waals surface area (Å²) in [5.74, 6) is -1.22. The number of hydrogen-bond donors (Lipinski definition) is 1. The standard InChI is InChI=1S/C15H14IN3O4/c1-9-7-10(16)3-4-11(9)17-13(20)8-23-15(22)12-5-6-14(21)19(2)18-12/h3-7H,8H2,1-2H3,(H,17,20). The minimum Gasteiger partial charge on any atom is -0.451 e. The van der Waals surface area contributed by atoms with Gasteiger partial charge in [-0.1, -0.05) is 0 Å². The molecule has 0 aliphatic rings. The van der Waals surface area contributed by atoms with Crippen LogP contribution < -0.4 is 10.9 Å². The zero-order chi connectivity index (χ0) is 17.0. The van der Waals surface area contributed by atoms with Crippen molar-refractivity contribution in [3.8, 4) is 0 Å². The lowest BCUT2D eigenvalue weighted by Crippen LogP contribution is -2.24. The van der Waals surface area contributed by atoms with E-state index in [2.05, 4.69) is 33.0 Å². The fraction of sp³-hybridized carbons (Fsp3) is 0.200. The normalized spacial score (nSPS) is 10.2. The van der Waals surface area contributed by atoms with Crippen molar-refractivity contribution in [1.82, 2.24) is 9.78 Å². The fourth-order valence-corrected chi connectivity index (χ4v) is 2.42. The number of anilines is 1. The van der Waals surface area contributed by atoms with Crippen molar-refractivity contribution in [3.63, 3.8) is 0 Å². The molecule has 1 heterocycles. The second-order valence-electron chi connectivity index (χ2n) is 4.76. The molecule has 0 aliphatic heterocycles. The Hall–Kier alpha value is -2.23. The molecule has 0 saturated heterocycles. The summed E-state index contributed by atoms with van der Waals surface area (Å²) in [6.07, 6.45) is 0. The zero-order valence-corrected chi connectivity index (χ0v) is 14.7. The summed E-state index contributed by atoms with van der Waals surface area (Å²) in [6.45, 7) is 1.44. The van der Waals surface area contributed by atoms with Crippen molar-refractivity contribution in [1.29, 1.82) is 0 Å². The molecule has 0 fully saturated rings. The number of carbonyl (C=O) groups is 2. The highest BCUT2D eigenvalue weighted by Crippen LogP contribution is 2.17. The van der Waals surface area contributed by atoms with Crippen LogP contribution in [0.15, 0.2) is 35.1 Å². The van der Waals surface area contributed by atoms with E-state index in [9.17, 15) is 14.4 Å². The first-order valence-corrected chi connectivity index (χ1v) is 7.72. The van der Waals surface area contributed by atoms with Gasteiger partial charge in [0.05, 0.1) is 0 Å². The van der Waals surface area contributed by atoms with Crippen LogP contribution in [0.2, 0.25) is 0 Å². The largest absolute Gasteiger partial charge is 0.451 e. The molecule has 7 nitrogen and oxygen atoms in total. The van der Waals surface area contributed by atoms with Gasteiger partial charge in [0, 0.05) is 22.4 Å². The lowest BCUT2D eigenvalue weighted by atomic mass is 10.2. The van der Waals surface area contributed by atoms with E-state index < -0.39 is 18.5 Å². The Morgan fingerprint density at radius 3 is 2.70 bits per heavy atom. The van der Waals surface area contributed by atoms with Crippen LogP contribution in [0.5, 0.6) is 0 Å². The van der Waals surface area contributed by atoms with Gasteiger partial charge in [-0.2, -0.15) is 5.10 Å². The molecule has 0 aliphatic carbocycles. The molecular formula is C15H14IN3O4. The summed E-state index contributed by atoms with van der Waals surface area (Å²) >= 11 is 2.18. The number of hydrogen-bond acceptors (Lipinski definition) is 5. The van der Waals surface area contributed by atoms with Gasteiger partial charge in [-0.15, -0.1) is 0 Å². The van der Waals surface area contributed by atoms with E-state index >= 15 is 0 Å². The van der Waals surface area contributed by atoms with E-state index in [0.29, 0.717) is 5.69 Å². The molecule has 1 aromatic heterocycles. The Morgan fingerprint density at radius 1 is 1.30 bits per heavy atom. The van der Waals surface area contributed by atoms with Crippen LogP contribution in [0.4, 0.5) is 5.69 Å². The number of aryl methyl sites for hydroxylation is 2. The molecule has 0 saturated carbocycles. The van der Waals surface area contributed by atoms with Gasteiger partial charge in [0.15, 0.2) is 12.3 Å². The number of amides is 1. The lowest BCUT2D eigenvalue weighted by molar-refractivity contribution is -0.119. The fourth-order valence-electron chi connectivity index (χ4n) is 1.77. The Morgan fingerprint density at radius 2 is 2.04 bits per heavy atom. The highest BCUT2D eigenvalue weighted by molar-refractivity contribution is 14.1. The Kier molecular flexibility index (Phi) is 5.48. The van der Waals surface area contributed by atoms with E-state index in [0.717, 1.165) is 13.8 Å². The summed E-state index contributed by atoms with van der Waals surface area (Å²) in [5, 5.41) is 6.43. The van der Waals surface area contributed by atoms with Crippen LogP contribution in [-0.4, -0.2) is 28.3 Å². The maximum Gasteiger partial charge on any atom is 0.359 e. The van der Waals surface area contributed by atoms with Crippen molar-refractivity contribution in [2.45, 2.75) is 6.92 Å². The molecule has 1 N–H and O–H groups in total. The topological polar surface area (TPSA) is 90.3 Å². The quantitative estimate of drug-likeness (QED) is 0.590. The number of rotatable bonds is 4. The van der Waals surface area contributed by atoms with Gasteiger partial charge >= 0.3 is 5.97 Å². The lowest BCUT2D eigenvalue weighted by Gasteiger charge is -2.09. The summed E-state index contributed by atoms with van der Waals surface area (Å²) in [5.41, 5.74) is 1.20. The van der Waals surface area contributed by atoms with Gasteiger partial charge in [0.25, 0.3) is 11.5 Å². The average molecular weight is 427 g/mol. The predicted octanol–water partition coefficient (Wildman–Crippen LogP) is 1.49. The number of aromatic nitrogens is 2. The van der Waals surface area contributed by atoms with Crippen LogP contribution in [0.25, 0.3) is 0 Å². The van der Waals surface area contributed by atoms with Crippen LogP contribution in [0, 0.1) is 10.5 Å². The molecule has 0 spiro atoms. The summed E-state index contributed by atoms with van der Waals surface area (Å²) < 4.78 is 6.97. The second kappa shape index (κ2) is 7.36. The molecule has 0 atom stereocenters. The van der Waals surface area contributed by atoms with E-state index in [4.69, 9.17) is 4.74 Å². The van der Waals surface area contributed by atoms with Crippen molar-refractivity contribution in [2.24, 2.45) is 7.05 Å². The third-order valence-corrected chi connectivity index (χ3v) is 3.64. The number of nitrogens with one attached hydrogen (secondary N) is 1. The minimum atomic E-state index is -0.768. The molecule has 2 rings (SSSR count). The first kappa shape index (κ1) is 17.1. The molecule has 0 bridgehead atoms. The van der Waals surface area contributed by atoms with Gasteiger partial charge in [-0.05, 0) is 59.3 Å². The molecular weight excluding hydrogens is 413 g/mol. The highest BCUT2D eigenvalue weighted by Gasteiger charge is 2.13. The van der Waals surface area contributed by atoms with Crippen LogP contribution in [0.1, 0.15) is 16.1 Å². The Labute approximate surface area is 145 Å². The van der Waals surface area contributed by atoms with E-state index in [-0.39, 0.29) is 11.3 Å². The van der Waals surface area contributed by atoms with Crippen molar-refractivity contribution in [2.75, 3.05) is 11.9 Å². The molecule has 120 valence electrons. The van der Waals surface area contributed by atoms with Crippen molar-refractivity contribution < 1.29 is 14.3 Å². The van der Waals surface area contributed by atoms with Crippen LogP contribution in [-0.2, 0) is 16.6 Å². The zero-order valence-electron chi connectivity index (χ0n) is 12.5. The van der Waals surface area contributed by atoms with Crippen molar-refractivity contribution in [3.05, 3.63) is 55.5 Å². The monoisotopic (exact) mass is 427 g/mol. The SMILES string of the molecule is Cc1cc(I)ccc1NC(=O)COC(=O)c1ccc(=O)n(C)n1. The van der Waals surface area contributed by atoms with Gasteiger partial charge in [0.1, 0.15) is 0 Å². The average Bonchev–Trinajstić information content (AvgIpc) is 2.50. The number of nitrogens with zero attached hydrogens (tertiary/aromatic N) is 2. The molecule has 2 aromatic rings. The Balaban J connectivity index is 1.94. The molecule has 1 aromatic carbocycles. The number of benzene rings is 1. The molecule has 23 heavy (non-hydrogen) atoms. The van der Waals surface area contributed by atoms with E-state index in [1.54, 1.807) is 6.07 Å². The minimum absolute atomic E-state index is 0.0367. The molecule has 0 radical (unpaired) electrons. The van der Waals surface area contributed by atoms with E-state index in [1.807, 2.05) is 19.1 Å². The summed E-state index contributed by atoms with van der Waals surface area (Å²) in [6, 6.07) is 8.04. The van der Waals surface area contributed by atoms with Gasteiger partial charge in [-0.25, -0.2) is 9.48 Å². The number of ether oxygens (including phenoxy) is 1. The first-order valence-electron chi connectivity index (χ1n) is 6.64. The van der Waals surface area contributed by atoms with Crippen molar-refractivity contribution >= 4 is 40.2 Å². The van der Waals surface area contributed by atoms with Crippen LogP contribution in [0.3, 0.4) is 0 Å². The predicted molar refractivity (Wildman–Crippen MR) is 92.3 cm³/mol. The second-order valence-corrected chi connectivity index (χ2v) is 6.01. The summed E-state index contributed by atoms with van der Waals surface area (Å²) in [7, 11) is 1.42. The highest BCUT2D eigenvalue weighted by atomic mass is 127. The third kappa shape index (κ3) is 4.62. The maximum atomic E-state index is 11.8. The summed E-state index contributed by atoms with van der Waals surface area (Å²) in [4.78, 5) is 34.8. The molecule has 0 unspecified atom stereocenters. The van der Waals surface area contributed by atoms with Gasteiger partial charge in [0.2, 0.25) is 0 Å².